The molecular formula is C21H38IN5O2S. The van der Waals surface area contributed by atoms with Crippen molar-refractivity contribution in [2.75, 3.05) is 65.7 Å². The Hall–Kier alpha value is -0.910. The van der Waals surface area contributed by atoms with E-state index in [0.29, 0.717) is 4.90 Å². The van der Waals surface area contributed by atoms with Gasteiger partial charge in [0.1, 0.15) is 0 Å². The first kappa shape index (κ1) is 27.1. The predicted molar refractivity (Wildman–Crippen MR) is 136 cm³/mol. The molecule has 1 fully saturated rings. The second kappa shape index (κ2) is 14.2. The maximum absolute atomic E-state index is 11.5. The molecule has 9 heteroatoms. The van der Waals surface area contributed by atoms with Gasteiger partial charge in [-0.2, -0.15) is 0 Å². The number of hydrogen-bond donors (Lipinski definition) is 2. The van der Waals surface area contributed by atoms with Crippen LogP contribution in [0.4, 0.5) is 0 Å². The van der Waals surface area contributed by atoms with Crippen LogP contribution in [0.25, 0.3) is 0 Å². The largest absolute Gasteiger partial charge is 0.356 e. The Morgan fingerprint density at radius 2 is 1.60 bits per heavy atom. The van der Waals surface area contributed by atoms with Crippen molar-refractivity contribution in [1.29, 1.82) is 0 Å². The number of guanidine groups is 1. The molecule has 0 amide bonds. The van der Waals surface area contributed by atoms with Gasteiger partial charge in [0, 0.05) is 52.6 Å². The van der Waals surface area contributed by atoms with Crippen molar-refractivity contribution in [1.82, 2.24) is 20.4 Å². The molecule has 1 aromatic rings. The third kappa shape index (κ3) is 9.93. The summed E-state index contributed by atoms with van der Waals surface area (Å²) in [5.74, 6) is 0.814. The van der Waals surface area contributed by atoms with Crippen LogP contribution in [0.2, 0.25) is 0 Å². The molecule has 30 heavy (non-hydrogen) atoms. The standard InChI is InChI=1S/C21H37N5O2S.HI/c1-4-25-15-17-26(18-16-25)14-6-5-12-23-21(22-2)24-13-11-19-7-9-20(10-8-19)29(3,27)28;/h7-10H,4-6,11-18H2,1-3H3,(H2,22,23,24);1H. The van der Waals surface area contributed by atoms with E-state index in [4.69, 9.17) is 0 Å². The highest BCUT2D eigenvalue weighted by molar-refractivity contribution is 14.0. The fraction of sp³-hybridized carbons (Fsp3) is 0.667. The summed E-state index contributed by atoms with van der Waals surface area (Å²) in [6.45, 7) is 11.0. The predicted octanol–water partition coefficient (Wildman–Crippen LogP) is 1.83. The Balaban J connectivity index is 0.00000450. The van der Waals surface area contributed by atoms with Crippen molar-refractivity contribution in [3.05, 3.63) is 29.8 Å². The number of aliphatic imine (C=N–C) groups is 1. The zero-order valence-corrected chi connectivity index (χ0v) is 21.7. The van der Waals surface area contributed by atoms with Gasteiger partial charge in [0.2, 0.25) is 0 Å². The molecule has 0 atom stereocenters. The van der Waals surface area contributed by atoms with Gasteiger partial charge in [-0.3, -0.25) is 4.99 Å². The molecule has 1 saturated heterocycles. The van der Waals surface area contributed by atoms with E-state index in [0.717, 1.165) is 44.0 Å². The van der Waals surface area contributed by atoms with Crippen LogP contribution in [0, 0.1) is 0 Å². The maximum Gasteiger partial charge on any atom is 0.190 e. The third-order valence-electron chi connectivity index (χ3n) is 5.39. The smallest absolute Gasteiger partial charge is 0.190 e. The first-order chi connectivity index (χ1) is 13.9. The Kier molecular flexibility index (Phi) is 12.8. The number of likely N-dealkylation sites (N-methyl/N-ethyl adjacent to an activating group) is 1. The summed E-state index contributed by atoms with van der Waals surface area (Å²) in [6.07, 6.45) is 4.37. The molecule has 1 heterocycles. The SMILES string of the molecule is CCN1CCN(CCCCNC(=NC)NCCc2ccc(S(C)(=O)=O)cc2)CC1.I. The number of hydrogen-bond acceptors (Lipinski definition) is 5. The molecule has 0 spiro atoms. The van der Waals surface area contributed by atoms with Gasteiger partial charge < -0.3 is 20.4 Å². The van der Waals surface area contributed by atoms with Gasteiger partial charge in [-0.15, -0.1) is 24.0 Å². The van der Waals surface area contributed by atoms with Crippen LogP contribution in [0.1, 0.15) is 25.3 Å². The average Bonchev–Trinajstić information content (AvgIpc) is 2.72. The van der Waals surface area contributed by atoms with Crippen molar-refractivity contribution in [3.63, 3.8) is 0 Å². The van der Waals surface area contributed by atoms with Crippen molar-refractivity contribution in [3.8, 4) is 0 Å². The van der Waals surface area contributed by atoms with Gasteiger partial charge in [0.15, 0.2) is 15.8 Å². The second-order valence-electron chi connectivity index (χ2n) is 7.57. The number of sulfone groups is 1. The average molecular weight is 552 g/mol. The van der Waals surface area contributed by atoms with Crippen LogP contribution in [0.5, 0.6) is 0 Å². The van der Waals surface area contributed by atoms with E-state index < -0.39 is 9.84 Å². The Morgan fingerprint density at radius 3 is 2.17 bits per heavy atom. The zero-order valence-electron chi connectivity index (χ0n) is 18.6. The van der Waals surface area contributed by atoms with Crippen molar-refractivity contribution in [2.24, 2.45) is 4.99 Å². The van der Waals surface area contributed by atoms with Crippen LogP contribution in [-0.2, 0) is 16.3 Å². The Bertz CT molecular complexity index is 732. The van der Waals surface area contributed by atoms with Crippen molar-refractivity contribution in [2.45, 2.75) is 31.1 Å². The fourth-order valence-electron chi connectivity index (χ4n) is 3.45. The minimum absolute atomic E-state index is 0. The molecule has 7 nitrogen and oxygen atoms in total. The lowest BCUT2D eigenvalue weighted by Gasteiger charge is -2.34. The summed E-state index contributed by atoms with van der Waals surface area (Å²) in [5, 5.41) is 6.69. The summed E-state index contributed by atoms with van der Waals surface area (Å²) in [6, 6.07) is 7.07. The van der Waals surface area contributed by atoms with Crippen LogP contribution in [0.15, 0.2) is 34.2 Å². The number of nitrogens with one attached hydrogen (secondary N) is 2. The van der Waals surface area contributed by atoms with Crippen molar-refractivity contribution >= 4 is 39.8 Å². The van der Waals surface area contributed by atoms with Gasteiger partial charge in [-0.1, -0.05) is 19.1 Å². The fourth-order valence-corrected chi connectivity index (χ4v) is 4.08. The highest BCUT2D eigenvalue weighted by Crippen LogP contribution is 2.10. The summed E-state index contributed by atoms with van der Waals surface area (Å²) in [5.41, 5.74) is 1.10. The molecule has 0 bridgehead atoms. The number of benzene rings is 1. The molecule has 0 radical (unpaired) electrons. The van der Waals surface area contributed by atoms with Gasteiger partial charge in [-0.25, -0.2) is 8.42 Å². The number of unbranched alkanes of at least 4 members (excludes halogenated alkanes) is 1. The molecule has 0 aliphatic carbocycles. The first-order valence-electron chi connectivity index (χ1n) is 10.6. The van der Waals surface area contributed by atoms with Gasteiger partial charge >= 0.3 is 0 Å². The van der Waals surface area contributed by atoms with Gasteiger partial charge in [0.25, 0.3) is 0 Å². The lowest BCUT2D eigenvalue weighted by atomic mass is 10.1. The second-order valence-corrected chi connectivity index (χ2v) is 9.59. The highest BCUT2D eigenvalue weighted by atomic mass is 127. The topological polar surface area (TPSA) is 77.0 Å². The van der Waals surface area contributed by atoms with E-state index in [9.17, 15) is 8.42 Å². The van der Waals surface area contributed by atoms with E-state index in [-0.39, 0.29) is 24.0 Å². The van der Waals surface area contributed by atoms with Crippen molar-refractivity contribution < 1.29 is 8.42 Å². The Morgan fingerprint density at radius 1 is 1.00 bits per heavy atom. The molecule has 1 aromatic carbocycles. The molecule has 1 aliphatic heterocycles. The number of halogens is 1. The normalized spacial score (nSPS) is 16.2. The van der Waals surface area contributed by atoms with Crippen LogP contribution < -0.4 is 10.6 Å². The molecule has 1 aliphatic rings. The Labute approximate surface area is 199 Å². The summed E-state index contributed by atoms with van der Waals surface area (Å²) < 4.78 is 23.0. The van der Waals surface area contributed by atoms with E-state index in [1.807, 2.05) is 12.1 Å². The third-order valence-corrected chi connectivity index (χ3v) is 6.52. The van der Waals surface area contributed by atoms with E-state index in [1.165, 1.54) is 45.4 Å². The number of nitrogens with zero attached hydrogens (tertiary/aromatic N) is 3. The monoisotopic (exact) mass is 551 g/mol. The number of rotatable bonds is 10. The van der Waals surface area contributed by atoms with Gasteiger partial charge in [-0.05, 0) is 50.0 Å². The quantitative estimate of drug-likeness (QED) is 0.200. The molecule has 0 aromatic heterocycles. The lowest BCUT2D eigenvalue weighted by molar-refractivity contribution is 0.136. The summed E-state index contributed by atoms with van der Waals surface area (Å²) in [4.78, 5) is 9.70. The van der Waals surface area contributed by atoms with Gasteiger partial charge in [0.05, 0.1) is 4.90 Å². The molecule has 2 rings (SSSR count). The molecular weight excluding hydrogens is 513 g/mol. The molecule has 2 N–H and O–H groups in total. The molecule has 0 unspecified atom stereocenters. The van der Waals surface area contributed by atoms with E-state index in [2.05, 4.69) is 32.3 Å². The van der Waals surface area contributed by atoms with E-state index >= 15 is 0 Å². The van der Waals surface area contributed by atoms with Crippen LogP contribution in [-0.4, -0.2) is 89.8 Å². The maximum atomic E-state index is 11.5. The number of piperazine rings is 1. The van der Waals surface area contributed by atoms with Crippen LogP contribution >= 0.6 is 24.0 Å². The highest BCUT2D eigenvalue weighted by Gasteiger charge is 2.14. The van der Waals surface area contributed by atoms with Crippen LogP contribution in [0.3, 0.4) is 0 Å². The summed E-state index contributed by atoms with van der Waals surface area (Å²) in [7, 11) is -1.35. The minimum atomic E-state index is -3.13. The molecule has 172 valence electrons. The van der Waals surface area contributed by atoms with E-state index in [1.54, 1.807) is 19.2 Å². The first-order valence-corrected chi connectivity index (χ1v) is 12.5. The lowest BCUT2D eigenvalue weighted by Crippen LogP contribution is -2.46. The summed E-state index contributed by atoms with van der Waals surface area (Å²) >= 11 is 0. The zero-order chi connectivity index (χ0) is 21.1. The minimum Gasteiger partial charge on any atom is -0.356 e. The molecule has 0 saturated carbocycles.